The molecule has 0 aliphatic carbocycles. The molecule has 4 aromatic rings. The van der Waals surface area contributed by atoms with Crippen molar-refractivity contribution in [1.29, 1.82) is 0 Å². The van der Waals surface area contributed by atoms with Crippen molar-refractivity contribution in [2.45, 2.75) is 126 Å². The second-order valence-electron chi connectivity index (χ2n) is 24.8. The second kappa shape index (κ2) is 43.2. The molecule has 1 saturated heterocycles. The van der Waals surface area contributed by atoms with Crippen molar-refractivity contribution in [2.75, 3.05) is 96.6 Å². The number of para-hydroxylation sites is 1. The third-order valence-corrected chi connectivity index (χ3v) is 17.4. The van der Waals surface area contributed by atoms with E-state index in [-0.39, 0.29) is 116 Å². The van der Waals surface area contributed by atoms with Gasteiger partial charge in [-0.3, -0.25) is 72.3 Å². The number of aromatic nitrogens is 1. The number of carbonyl (C=O) groups excluding carboxylic acids is 8. The number of H-pyrrole nitrogens is 1. The van der Waals surface area contributed by atoms with Crippen LogP contribution in [0.25, 0.3) is 10.9 Å². The van der Waals surface area contributed by atoms with E-state index >= 15 is 4.79 Å². The number of carbonyl (C=O) groups is 12. The number of nitrogens with one attached hydrogen (secondary N) is 9. The van der Waals surface area contributed by atoms with Crippen LogP contribution >= 0.6 is 25.3 Å². The molecule has 17 N–H and O–H groups in total. The van der Waals surface area contributed by atoms with Crippen molar-refractivity contribution in [3.63, 3.8) is 0 Å². The first-order chi connectivity index (χ1) is 48.2. The Labute approximate surface area is 595 Å². The molecule has 32 nitrogen and oxygen atoms in total. The Kier molecular flexibility index (Phi) is 35.4. The van der Waals surface area contributed by atoms with Gasteiger partial charge in [0.1, 0.15) is 42.3 Å². The monoisotopic (exact) mass is 1450 g/mol. The summed E-state index contributed by atoms with van der Waals surface area (Å²) in [6, 6.07) is 12.0. The number of aliphatic carboxylic acids is 4. The summed E-state index contributed by atoms with van der Waals surface area (Å²) < 4.78 is 0. The van der Waals surface area contributed by atoms with E-state index in [1.165, 1.54) is 6.92 Å². The zero-order chi connectivity index (χ0) is 74.1. The number of rotatable bonds is 38. The van der Waals surface area contributed by atoms with Crippen molar-refractivity contribution in [1.82, 2.24) is 67.1 Å². The maximum atomic E-state index is 15.0. The molecule has 5 rings (SSSR count). The summed E-state index contributed by atoms with van der Waals surface area (Å²) in [5.74, 6) is -12.8. The van der Waals surface area contributed by atoms with E-state index < -0.39 is 137 Å². The molecule has 1 fully saturated rings. The van der Waals surface area contributed by atoms with E-state index in [4.69, 9.17) is 5.73 Å². The zero-order valence-electron chi connectivity index (χ0n) is 56.5. The van der Waals surface area contributed by atoms with E-state index in [1.807, 2.05) is 0 Å². The van der Waals surface area contributed by atoms with Gasteiger partial charge in [-0.05, 0) is 81.8 Å². The molecule has 0 saturated carbocycles. The van der Waals surface area contributed by atoms with Crippen LogP contribution in [0.4, 0.5) is 0 Å². The molecular formula is C67H96N14O18S2. The molecule has 8 amide bonds. The number of nitrogens with zero attached hydrogens (tertiary/aromatic N) is 4. The van der Waals surface area contributed by atoms with Crippen LogP contribution in [-0.2, 0) is 76.8 Å². The minimum absolute atomic E-state index is 0.0687. The highest BCUT2D eigenvalue weighted by molar-refractivity contribution is 7.80. The van der Waals surface area contributed by atoms with E-state index in [0.717, 1.165) is 6.92 Å². The third-order valence-electron chi connectivity index (χ3n) is 16.7. The number of benzene rings is 3. The largest absolute Gasteiger partial charge is 0.480 e. The fourth-order valence-corrected chi connectivity index (χ4v) is 11.9. The molecule has 1 aromatic heterocycles. The quantitative estimate of drug-likeness (QED) is 0.0159. The number of unbranched alkanes of at least 4 members (excludes halogenated alkanes) is 1. The van der Waals surface area contributed by atoms with Crippen molar-refractivity contribution < 1.29 is 88.2 Å². The molecule has 1 aliphatic rings. The molecule has 0 bridgehead atoms. The summed E-state index contributed by atoms with van der Waals surface area (Å²) >= 11 is 8.55. The van der Waals surface area contributed by atoms with Crippen molar-refractivity contribution in [2.24, 2.45) is 5.73 Å². The Balaban J connectivity index is 1.40. The number of carboxylic acid groups (broad SMARTS) is 4. The fourth-order valence-electron chi connectivity index (χ4n) is 11.3. The minimum atomic E-state index is -1.78. The van der Waals surface area contributed by atoms with Crippen LogP contribution in [0.5, 0.6) is 0 Å². The third kappa shape index (κ3) is 29.0. The Hall–Kier alpha value is -8.74. The van der Waals surface area contributed by atoms with Gasteiger partial charge in [-0.25, -0.2) is 4.79 Å². The lowest BCUT2D eigenvalue weighted by molar-refractivity contribution is -0.145. The topological polar surface area (TPSA) is 477 Å². The normalized spacial score (nSPS) is 16.9. The molecule has 3 aromatic carbocycles. The van der Waals surface area contributed by atoms with Crippen LogP contribution in [0.15, 0.2) is 91.1 Å². The smallest absolute Gasteiger partial charge is 0.328 e. The van der Waals surface area contributed by atoms with Gasteiger partial charge in [-0.15, -0.1) is 0 Å². The molecule has 0 radical (unpaired) electrons. The number of aliphatic hydroxyl groups excluding tert-OH is 2. The van der Waals surface area contributed by atoms with Gasteiger partial charge in [0, 0.05) is 93.7 Å². The Morgan fingerprint density at radius 3 is 1.27 bits per heavy atom. The average molecular weight is 1450 g/mol. The highest BCUT2D eigenvalue weighted by Crippen LogP contribution is 2.20. The van der Waals surface area contributed by atoms with Gasteiger partial charge in [-0.2, -0.15) is 25.3 Å². The van der Waals surface area contributed by atoms with E-state index in [1.54, 1.807) is 111 Å². The number of aliphatic hydroxyl groups is 2. The molecular weight excluding hydrogens is 1350 g/mol. The lowest BCUT2D eigenvalue weighted by Crippen LogP contribution is -2.62. The molecule has 101 heavy (non-hydrogen) atoms. The van der Waals surface area contributed by atoms with Crippen molar-refractivity contribution >= 4 is 107 Å². The van der Waals surface area contributed by atoms with Gasteiger partial charge in [0.2, 0.25) is 47.3 Å². The van der Waals surface area contributed by atoms with Crippen LogP contribution < -0.4 is 48.3 Å². The van der Waals surface area contributed by atoms with Gasteiger partial charge >= 0.3 is 23.9 Å². The molecule has 1 aliphatic heterocycles. The van der Waals surface area contributed by atoms with Gasteiger partial charge in [0.15, 0.2) is 6.04 Å². The number of amides is 8. The fraction of sp³-hybridized carbons (Fsp3) is 0.522. The highest BCUT2D eigenvalue weighted by atomic mass is 32.1. The van der Waals surface area contributed by atoms with E-state index in [9.17, 15) is 83.4 Å². The van der Waals surface area contributed by atoms with Gasteiger partial charge in [-0.1, -0.05) is 78.9 Å². The molecule has 0 unspecified atom stereocenters. The minimum Gasteiger partial charge on any atom is -0.480 e. The Morgan fingerprint density at radius 2 is 0.822 bits per heavy atom. The maximum Gasteiger partial charge on any atom is 0.328 e. The lowest BCUT2D eigenvalue weighted by Gasteiger charge is -2.31. The molecule has 10 atom stereocenters. The number of carboxylic acids is 4. The van der Waals surface area contributed by atoms with Gasteiger partial charge < -0.3 is 83.9 Å². The van der Waals surface area contributed by atoms with E-state index in [2.05, 4.69) is 72.8 Å². The summed E-state index contributed by atoms with van der Waals surface area (Å²) in [5, 5.41) is 80.7. The van der Waals surface area contributed by atoms with Crippen LogP contribution in [0, 0.1) is 0 Å². The van der Waals surface area contributed by atoms with Crippen LogP contribution in [0.3, 0.4) is 0 Å². The Morgan fingerprint density at radius 1 is 0.446 bits per heavy atom. The molecule has 34 heteroatoms. The van der Waals surface area contributed by atoms with Crippen LogP contribution in [0.1, 0.15) is 62.6 Å². The summed E-state index contributed by atoms with van der Waals surface area (Å²) in [4.78, 5) is 172. The van der Waals surface area contributed by atoms with Crippen LogP contribution in [-0.4, -0.2) is 283 Å². The first-order valence-corrected chi connectivity index (χ1v) is 34.6. The first-order valence-electron chi connectivity index (χ1n) is 33.3. The highest BCUT2D eigenvalue weighted by Gasteiger charge is 2.37. The predicted octanol–water partition coefficient (Wildman–Crippen LogP) is -2.84. The maximum absolute atomic E-state index is 15.0. The molecule has 554 valence electrons. The predicted molar refractivity (Wildman–Crippen MR) is 377 cm³/mol. The van der Waals surface area contributed by atoms with Gasteiger partial charge in [0.25, 0.3) is 0 Å². The number of fused-ring (bicyclic) bond motifs is 1. The number of hydrogen-bond donors (Lipinski definition) is 18. The standard InChI is InChI=1S/C67H96N14O18S2/c1-41(82)58(66(97)75-53(40-101)65(96)77-59(42(2)83)67(98)99)76-60(91)48(21-11-12-22-68)71-63(94)51(33-45-34-69-47-20-10-9-19-46(45)47)73-62(93)50(32-44-17-7-4-8-18-44)72-64(95)52(39-100)74-61(92)49(31-43-15-5-3-6-16-43)70-54(84)35-78-23-13-24-80(37-56(87)88)29-30-81(38-57(89)90)26-14-25-79(28-27-78)36-55(85)86/h3-10,15-20,34,41-42,48-53,58-59,69,82-83,100-101H,11-14,21-33,35-40,68H2,1-2H3,(H,70,84)(H,71,94)(H,72,95)(H,73,93)(H,74,92)(H,75,97)(H,76,91)(H,77,96)(H,85,86)(H,87,88)(H,89,90)(H,98,99)/t41-,42-,48+,49-,50+,51-,52+,53+,58+,59+/m1/s1. The number of hydrogen-bond acceptors (Lipinski definition) is 21. The lowest BCUT2D eigenvalue weighted by atomic mass is 10.0. The zero-order valence-corrected chi connectivity index (χ0v) is 58.3. The number of thiol groups is 2. The number of aromatic amines is 1. The summed E-state index contributed by atoms with van der Waals surface area (Å²) in [6.07, 6.45) is -0.727. The van der Waals surface area contributed by atoms with Gasteiger partial charge in [0.05, 0.1) is 38.4 Å². The average Bonchev–Trinajstić information content (AvgIpc) is 1.75. The molecule has 2 heterocycles. The van der Waals surface area contributed by atoms with E-state index in [0.29, 0.717) is 53.4 Å². The summed E-state index contributed by atoms with van der Waals surface area (Å²) in [6.45, 7) is 3.04. The summed E-state index contributed by atoms with van der Waals surface area (Å²) in [5.41, 5.74) is 8.23. The SMILES string of the molecule is C[C@@H](O)[C@H](NC(=O)[C@H](CS)NC(=O)[C@@H](NC(=O)[C@H](CCCCN)NC(=O)[C@@H](Cc1c[nH]c2ccccc12)NC(=O)[C@H](Cc1ccccc1)NC(=O)[C@H](CS)NC(=O)[C@@H](Cc1ccccc1)NC(=O)CN1CCCN(CC(=O)O)CCN(CC(=O)O)CCCN(CC(=O)O)CC1)[C@@H](C)O)C(=O)O. The Bertz CT molecular complexity index is 3390. The second-order valence-corrected chi connectivity index (χ2v) is 25.5. The van der Waals surface area contributed by atoms with Crippen molar-refractivity contribution in [3.05, 3.63) is 108 Å². The molecule has 0 spiro atoms. The number of nitrogens with two attached hydrogens (primary N) is 1. The van der Waals surface area contributed by atoms with Crippen LogP contribution in [0.2, 0.25) is 0 Å². The summed E-state index contributed by atoms with van der Waals surface area (Å²) in [7, 11) is 0. The van der Waals surface area contributed by atoms with Crippen molar-refractivity contribution in [3.8, 4) is 0 Å². The first kappa shape index (κ1) is 82.9.